The number of carboxylic acid groups (broad SMARTS) is 1. The van der Waals surface area contributed by atoms with Crippen LogP contribution in [0.4, 0.5) is 24.0 Å². The molecule has 0 bridgehead atoms. The van der Waals surface area contributed by atoms with Gasteiger partial charge in [-0.3, -0.25) is 5.32 Å². The zero-order valence-corrected chi connectivity index (χ0v) is 91.3. The van der Waals surface area contributed by atoms with E-state index in [2.05, 4.69) is 38.8 Å². The Bertz CT molecular complexity index is 4890. The molecule has 43 heteroatoms. The van der Waals surface area contributed by atoms with Crippen LogP contribution in [0, 0.1) is 30.6 Å². The highest BCUT2D eigenvalue weighted by atomic mass is 35.5. The van der Waals surface area contributed by atoms with E-state index in [-0.39, 0.29) is 60.4 Å². The lowest BCUT2D eigenvalue weighted by Crippen LogP contribution is -2.50. The fourth-order valence-electron chi connectivity index (χ4n) is 12.0. The molecule has 5 aromatic rings. The van der Waals surface area contributed by atoms with E-state index in [4.69, 9.17) is 68.4 Å². The predicted molar refractivity (Wildman–Crippen MR) is 542 cm³/mol. The quantitative estimate of drug-likeness (QED) is 0.00473. The Morgan fingerprint density at radius 1 is 0.496 bits per heavy atom. The first-order valence-electron chi connectivity index (χ1n) is 44.5. The summed E-state index contributed by atoms with van der Waals surface area (Å²) in [4.78, 5) is 147. The number of aldehydes is 2. The number of alkyl carbamates (subject to hydrolysis) is 5. The molecule has 5 aromatic carbocycles. The van der Waals surface area contributed by atoms with E-state index in [0.29, 0.717) is 31.2 Å². The average molecular weight is 2090 g/mol. The highest BCUT2D eigenvalue weighted by Crippen LogP contribution is 2.47. The molecule has 0 spiro atoms. The summed E-state index contributed by atoms with van der Waals surface area (Å²) in [6.07, 6.45) is -1.38. The molecule has 1 aliphatic carbocycles. The molecule has 0 fully saturated rings. The lowest BCUT2D eigenvalue weighted by molar-refractivity contribution is -0.148. The summed E-state index contributed by atoms with van der Waals surface area (Å²) in [7, 11) is -13.0. The maximum atomic E-state index is 12.7. The van der Waals surface area contributed by atoms with Crippen molar-refractivity contribution in [3.63, 3.8) is 0 Å². The van der Waals surface area contributed by atoms with Crippen molar-refractivity contribution >= 4 is 141 Å². The highest BCUT2D eigenvalue weighted by molar-refractivity contribution is 7.92. The maximum absolute atomic E-state index is 12.7. The average Bonchev–Trinajstić information content (AvgIpc) is 1.70. The predicted octanol–water partition coefficient (Wildman–Crippen LogP) is 17.7. The third-order valence-electron chi connectivity index (χ3n) is 17.7. The van der Waals surface area contributed by atoms with Gasteiger partial charge in [0, 0.05) is 43.2 Å². The molecular formula is C96H148ClN5O31P4S2. The summed E-state index contributed by atoms with van der Waals surface area (Å²) >= 11 is 9.84. The molecule has 0 saturated carbocycles. The number of fused-ring (bicyclic) bond motifs is 3. The number of para-hydroxylation sites is 1. The smallest absolute Gasteiger partial charge is 0.409 e. The molecule has 6 rings (SSSR count). The Hall–Kier alpha value is -9.73. The molecule has 36 nitrogen and oxygen atoms in total. The van der Waals surface area contributed by atoms with Crippen molar-refractivity contribution in [2.75, 3.05) is 92.0 Å². The van der Waals surface area contributed by atoms with Gasteiger partial charge in [-0.1, -0.05) is 149 Å². The third kappa shape index (κ3) is 58.3. The van der Waals surface area contributed by atoms with Crippen LogP contribution in [-0.2, 0) is 111 Å². The van der Waals surface area contributed by atoms with Crippen LogP contribution in [0.3, 0.4) is 0 Å². The number of aliphatic hydroxyl groups is 1. The molecule has 1 aliphatic rings. The van der Waals surface area contributed by atoms with Crippen LogP contribution < -0.4 is 31.3 Å². The number of esters is 4. The summed E-state index contributed by atoms with van der Waals surface area (Å²) < 4.78 is 116. The second-order valence-electron chi connectivity index (χ2n) is 36.7. The zero-order chi connectivity index (χ0) is 108. The molecule has 11 atom stereocenters. The van der Waals surface area contributed by atoms with Crippen molar-refractivity contribution in [2.45, 2.75) is 234 Å². The molecular weight excluding hydrogens is 1940 g/mol. The summed E-state index contributed by atoms with van der Waals surface area (Å²) in [5, 5.41) is 29.5. The molecule has 139 heavy (non-hydrogen) atoms. The first kappa shape index (κ1) is 131. The van der Waals surface area contributed by atoms with Gasteiger partial charge in [0.2, 0.25) is 15.2 Å². The number of halogens is 1. The maximum Gasteiger partial charge on any atom is 0.409 e. The van der Waals surface area contributed by atoms with E-state index in [0.717, 1.165) is 39.7 Å². The van der Waals surface area contributed by atoms with E-state index >= 15 is 0 Å². The molecule has 0 heterocycles. The van der Waals surface area contributed by atoms with Crippen molar-refractivity contribution in [2.24, 2.45) is 23.7 Å². The van der Waals surface area contributed by atoms with Gasteiger partial charge in [0.05, 0.1) is 52.2 Å². The van der Waals surface area contributed by atoms with Gasteiger partial charge < -0.3 is 112 Å². The Balaban J connectivity index is 0. The Kier molecular flexibility index (Phi) is 60.4. The van der Waals surface area contributed by atoms with Gasteiger partial charge in [-0.2, -0.15) is 0 Å². The first-order valence-corrected chi connectivity index (χ1v) is 56.7. The van der Waals surface area contributed by atoms with Crippen LogP contribution in [0.5, 0.6) is 5.75 Å². The van der Waals surface area contributed by atoms with Gasteiger partial charge >= 0.3 is 60.3 Å². The molecule has 0 aromatic heterocycles. The van der Waals surface area contributed by atoms with E-state index in [1.807, 2.05) is 104 Å². The van der Waals surface area contributed by atoms with Gasteiger partial charge in [0.15, 0.2) is 8.38 Å². The number of benzene rings is 5. The molecule has 3 unspecified atom stereocenters. The van der Waals surface area contributed by atoms with Crippen molar-refractivity contribution in [1.82, 2.24) is 26.6 Å². The van der Waals surface area contributed by atoms with Crippen molar-refractivity contribution < 1.29 is 147 Å². The van der Waals surface area contributed by atoms with Crippen molar-refractivity contribution in [1.29, 1.82) is 0 Å². The number of hydrogen-bond acceptors (Lipinski definition) is 31. The fourth-order valence-corrected chi connectivity index (χ4v) is 18.3. The zero-order valence-electron chi connectivity index (χ0n) is 85.3. The fraction of sp³-hybridized carbons (Fsp3) is 0.552. The SMILES string of the molecule is CCC=O.CCOC(=O)C(NC(=O)OC(C)(C)C)S(=O)(=O)c1ccc(C)cc1.CCOC(=O)[C@@H](NC(=O)OC(C)(C)C)[C@@H](C)C(O)P(C)(C)=O.CCOC(=O)[C@@H](NC(=O)OC(C)(C)C)[C@@H](C)C=O.CCOC(=O)[C@@H](NC(=O)OC(C)(C)C)[C@@H](C)CP(C)(C)=O.CP(O)OCc1ccccc1.C[C@@H](CP(C)(C)=O)[C@H](NC(=O)OCC1c2ccccc2-c2ccccc21)C(=O)O.S=C(Cl)Oc1ccccc1. The largest absolute Gasteiger partial charge is 0.480 e. The number of nitrogens with one attached hydrogen (secondary N) is 5. The van der Waals surface area contributed by atoms with E-state index < -0.39 is 175 Å². The van der Waals surface area contributed by atoms with Crippen LogP contribution in [-0.4, -0.2) is 251 Å². The normalized spacial score (nSPS) is 14.0. The minimum atomic E-state index is -4.18. The van der Waals surface area contributed by atoms with E-state index in [1.54, 1.807) is 189 Å². The Morgan fingerprint density at radius 2 is 0.842 bits per heavy atom. The summed E-state index contributed by atoms with van der Waals surface area (Å²) in [6, 6.07) is 36.7. The summed E-state index contributed by atoms with van der Waals surface area (Å²) in [5.41, 5.74) is 3.48. The lowest BCUT2D eigenvalue weighted by atomic mass is 9.98. The molecule has 0 saturated heterocycles. The number of carbonyl (C=O) groups is 12. The number of aryl methyl sites for hydroxylation is 1. The van der Waals surface area contributed by atoms with Gasteiger partial charge in [0.25, 0.3) is 4.51 Å². The number of rotatable bonds is 34. The van der Waals surface area contributed by atoms with E-state index in [9.17, 15) is 89.9 Å². The second kappa shape index (κ2) is 63.9. The number of aliphatic carboxylic acids is 1. The Morgan fingerprint density at radius 3 is 1.20 bits per heavy atom. The van der Waals surface area contributed by atoms with Crippen LogP contribution >= 0.6 is 53.6 Å². The molecule has 0 radical (unpaired) electrons. The number of sulfone groups is 1. The molecule has 0 aliphatic heterocycles. The number of carboxylic acids is 1. The summed E-state index contributed by atoms with van der Waals surface area (Å²) in [6.45, 7) is 49.0. The number of ether oxygens (including phenoxy) is 10. The van der Waals surface area contributed by atoms with Gasteiger partial charge in [-0.05, 0) is 245 Å². The molecule has 8 N–H and O–H groups in total. The van der Waals surface area contributed by atoms with Crippen molar-refractivity contribution in [3.05, 3.63) is 156 Å². The molecule has 5 amide bonds. The number of thiocarbonyl (C=S) groups is 1. The number of hydrogen-bond donors (Lipinski definition) is 8. The van der Waals surface area contributed by atoms with Crippen LogP contribution in [0.2, 0.25) is 0 Å². The van der Waals surface area contributed by atoms with E-state index in [1.165, 1.54) is 39.3 Å². The minimum Gasteiger partial charge on any atom is -0.480 e. The van der Waals surface area contributed by atoms with Gasteiger partial charge in [-0.15, -0.1) is 0 Å². The Labute approximate surface area is 831 Å². The topological polar surface area (TPSA) is 513 Å². The monoisotopic (exact) mass is 2090 g/mol. The first-order chi connectivity index (χ1) is 64.0. The standard InChI is InChI=1S/C22H26NO5P.C16H23NO6S.C14H28NO6P.C14H28NO5P.C12H21NO5.C8H11O2P.C7H5ClOS.C3H6O/c1-14(13-29(2,3)27)20(21(24)25)23-22(26)28-12-19-17-10-6-4-8-15(17)16-9-5-7-11-18(16)19;1-6-22-14(18)13(17-15(19)23-16(3,4)5)24(20,21)12-9-7-11(2)8-10-12;1-8-20-11(16)10(9(2)12(17)22(6,7)19)15-13(18)21-14(3,4)5;1-8-19-12(16)11(10(2)9-21(6,7)18)15-13(17)20-14(3,4)5;1-6-17-10(15)9(8(2)7-14)13-11(16)18-12(3,4)5;1-11(9)10-7-8-5-3-2-4-6-8;8-7(10)9-6-4-2-1-3-5-6;1-2-3-4/h4-11,14,19-20H,12-13H2,1-3H3,(H,23,26)(H,24,25);7-10,13H,6H2,1-5H3,(H,17,19);9-10,12,17H,8H2,1-7H3,(H,15,18);10-11H,8-9H2,1-7H3,(H,15,17);7-9H,6H2,1-5H3,(H,13,16);2-6,9H,7H2,1H3;1-5H;3H,2H2,1H3/t14-,20-;;9-,10+,12?;10-,11-;8-,9-;;;/m0.100.../s1. The third-order valence-corrected chi connectivity index (χ3v) is 24.8. The highest BCUT2D eigenvalue weighted by Gasteiger charge is 2.42. The van der Waals surface area contributed by atoms with Gasteiger partial charge in [-0.25, -0.2) is 56.4 Å². The lowest BCUT2D eigenvalue weighted by Gasteiger charge is -2.30. The number of aliphatic hydroxyl groups excluding tert-OH is 1. The molecule has 782 valence electrons. The van der Waals surface area contributed by atoms with Crippen LogP contribution in [0.1, 0.15) is 180 Å². The minimum absolute atomic E-state index is 0.0191. The summed E-state index contributed by atoms with van der Waals surface area (Å²) in [5.74, 6) is -7.04. The number of amides is 5. The van der Waals surface area contributed by atoms with Gasteiger partial charge in [0.1, 0.15) is 84.5 Å². The van der Waals surface area contributed by atoms with Crippen LogP contribution in [0.25, 0.3) is 11.1 Å². The van der Waals surface area contributed by atoms with Crippen molar-refractivity contribution in [3.8, 4) is 16.9 Å². The van der Waals surface area contributed by atoms with Crippen LogP contribution in [0.15, 0.2) is 138 Å². The second-order valence-corrected chi connectivity index (χ2v) is 51.3. The number of carbonyl (C=O) groups excluding carboxylic acids is 11.